The Bertz CT molecular complexity index is 1700. The third-order valence-electron chi connectivity index (χ3n) is 6.96. The molecule has 0 fully saturated rings. The van der Waals surface area contributed by atoms with E-state index in [-0.39, 0.29) is 17.2 Å². The number of nitrogens with one attached hydrogen (secondary N) is 2. The minimum atomic E-state index is -4.24. The van der Waals surface area contributed by atoms with Gasteiger partial charge in [0.15, 0.2) is 0 Å². The van der Waals surface area contributed by atoms with E-state index in [2.05, 4.69) is 10.0 Å². The molecule has 0 saturated carbocycles. The summed E-state index contributed by atoms with van der Waals surface area (Å²) in [5.41, 5.74) is 1.50. The molecule has 1 unspecified atom stereocenters. The van der Waals surface area contributed by atoms with Crippen molar-refractivity contribution in [3.05, 3.63) is 102 Å². The zero-order valence-corrected chi connectivity index (χ0v) is 24.5. The molecular formula is C32H33N3O6S. The van der Waals surface area contributed by atoms with Crippen molar-refractivity contribution in [2.24, 2.45) is 5.92 Å². The fourth-order valence-corrected chi connectivity index (χ4v) is 5.69. The van der Waals surface area contributed by atoms with E-state index in [1.165, 1.54) is 24.1 Å². The predicted molar refractivity (Wildman–Crippen MR) is 162 cm³/mol. The number of rotatable bonds is 11. The second-order valence-electron chi connectivity index (χ2n) is 9.60. The smallest absolute Gasteiger partial charge is 0.264 e. The molecule has 2 N–H and O–H groups in total. The van der Waals surface area contributed by atoms with Gasteiger partial charge in [0.25, 0.3) is 15.9 Å². The molecule has 42 heavy (non-hydrogen) atoms. The van der Waals surface area contributed by atoms with Gasteiger partial charge in [-0.15, -0.1) is 0 Å². The zero-order valence-electron chi connectivity index (χ0n) is 23.7. The lowest BCUT2D eigenvalue weighted by Gasteiger charge is -2.25. The highest BCUT2D eigenvalue weighted by molar-refractivity contribution is 7.90. The van der Waals surface area contributed by atoms with Crippen molar-refractivity contribution in [2.75, 3.05) is 25.5 Å². The van der Waals surface area contributed by atoms with E-state index in [9.17, 15) is 22.8 Å². The van der Waals surface area contributed by atoms with E-state index in [1.807, 2.05) is 12.1 Å². The predicted octanol–water partition coefficient (Wildman–Crippen LogP) is 4.63. The molecule has 9 nitrogen and oxygen atoms in total. The third kappa shape index (κ3) is 6.95. The molecule has 0 aromatic heterocycles. The minimum Gasteiger partial charge on any atom is -0.496 e. The van der Waals surface area contributed by atoms with Crippen LogP contribution in [0.15, 0.2) is 95.9 Å². The average Bonchev–Trinajstić information content (AvgIpc) is 3.00. The van der Waals surface area contributed by atoms with Crippen LogP contribution >= 0.6 is 0 Å². The topological polar surface area (TPSA) is 122 Å². The van der Waals surface area contributed by atoms with Crippen molar-refractivity contribution in [3.8, 4) is 5.75 Å². The fraction of sp³-hybridized carbons (Fsp3) is 0.219. The number of amides is 3. The Morgan fingerprint density at radius 3 is 2.14 bits per heavy atom. The summed E-state index contributed by atoms with van der Waals surface area (Å²) in [6.45, 7) is 4.32. The molecule has 4 aromatic rings. The van der Waals surface area contributed by atoms with Crippen LogP contribution < -0.4 is 14.8 Å². The standard InChI is InChI=1S/C32H33N3O6S/c1-4-35(5-2)32(38)28(31(37)34-42(39,40)26-19-16-23-10-6-7-11-24(23)21-26)20-22-14-17-25(18-15-22)33-30(36)27-12-8-9-13-29(27)41-3/h6-19,21,28H,4-5,20H2,1-3H3,(H,33,36)(H,34,37). The van der Waals surface area contributed by atoms with Crippen LogP contribution in [0.2, 0.25) is 0 Å². The van der Waals surface area contributed by atoms with E-state index in [0.717, 1.165) is 5.39 Å². The van der Waals surface area contributed by atoms with Gasteiger partial charge < -0.3 is 15.0 Å². The van der Waals surface area contributed by atoms with E-state index in [4.69, 9.17) is 4.74 Å². The number of ether oxygens (including phenoxy) is 1. The summed E-state index contributed by atoms with van der Waals surface area (Å²) < 4.78 is 33.7. The number of para-hydroxylation sites is 1. The highest BCUT2D eigenvalue weighted by Crippen LogP contribution is 2.22. The highest BCUT2D eigenvalue weighted by atomic mass is 32.2. The summed E-state index contributed by atoms with van der Waals surface area (Å²) in [5.74, 6) is -2.58. The molecule has 10 heteroatoms. The van der Waals surface area contributed by atoms with E-state index in [1.54, 1.807) is 80.6 Å². The van der Waals surface area contributed by atoms with Gasteiger partial charge in [0.1, 0.15) is 11.7 Å². The lowest BCUT2D eigenvalue weighted by atomic mass is 9.97. The van der Waals surface area contributed by atoms with Crippen LogP contribution in [0.5, 0.6) is 5.75 Å². The maximum absolute atomic E-state index is 13.4. The Morgan fingerprint density at radius 2 is 1.48 bits per heavy atom. The Hall–Kier alpha value is -4.70. The average molecular weight is 588 g/mol. The quantitative estimate of drug-likeness (QED) is 0.247. The summed E-state index contributed by atoms with van der Waals surface area (Å²) in [6, 6.07) is 25.4. The molecule has 0 radical (unpaired) electrons. The molecule has 0 aliphatic carbocycles. The van der Waals surface area contributed by atoms with Crippen molar-refractivity contribution in [3.63, 3.8) is 0 Å². The first-order valence-electron chi connectivity index (χ1n) is 13.5. The summed E-state index contributed by atoms with van der Waals surface area (Å²) in [4.78, 5) is 41.0. The lowest BCUT2D eigenvalue weighted by molar-refractivity contribution is -0.141. The van der Waals surface area contributed by atoms with Gasteiger partial charge in [-0.25, -0.2) is 13.1 Å². The van der Waals surface area contributed by atoms with Crippen molar-refractivity contribution >= 4 is 44.2 Å². The van der Waals surface area contributed by atoms with E-state index in [0.29, 0.717) is 41.0 Å². The van der Waals surface area contributed by atoms with Gasteiger partial charge in [0, 0.05) is 18.8 Å². The second-order valence-corrected chi connectivity index (χ2v) is 11.3. The number of hydrogen-bond donors (Lipinski definition) is 2. The molecule has 0 aliphatic rings. The van der Waals surface area contributed by atoms with Crippen LogP contribution in [0, 0.1) is 5.92 Å². The molecule has 0 bridgehead atoms. The SMILES string of the molecule is CCN(CC)C(=O)C(Cc1ccc(NC(=O)c2ccccc2OC)cc1)C(=O)NS(=O)(=O)c1ccc2ccccc2c1. The number of carbonyl (C=O) groups is 3. The second kappa shape index (κ2) is 13.3. The molecule has 0 spiro atoms. The maximum Gasteiger partial charge on any atom is 0.264 e. The van der Waals surface area contributed by atoms with E-state index < -0.39 is 27.8 Å². The molecule has 4 rings (SSSR count). The monoisotopic (exact) mass is 587 g/mol. The zero-order chi connectivity index (χ0) is 30.3. The molecule has 0 heterocycles. The van der Waals surface area contributed by atoms with Gasteiger partial charge in [0.2, 0.25) is 11.8 Å². The molecule has 0 aliphatic heterocycles. The Labute approximate surface area is 245 Å². The first kappa shape index (κ1) is 30.3. The first-order chi connectivity index (χ1) is 20.2. The van der Waals surface area contributed by atoms with Crippen LogP contribution in [0.4, 0.5) is 5.69 Å². The van der Waals surface area contributed by atoms with Crippen LogP contribution in [0.3, 0.4) is 0 Å². The largest absolute Gasteiger partial charge is 0.496 e. The van der Waals surface area contributed by atoms with Gasteiger partial charge in [-0.2, -0.15) is 0 Å². The highest BCUT2D eigenvalue weighted by Gasteiger charge is 2.33. The number of sulfonamides is 1. The summed E-state index contributed by atoms with van der Waals surface area (Å²) >= 11 is 0. The normalized spacial score (nSPS) is 11.9. The molecule has 218 valence electrons. The summed E-state index contributed by atoms with van der Waals surface area (Å²) in [5, 5.41) is 4.38. The fourth-order valence-electron chi connectivity index (χ4n) is 4.64. The van der Waals surface area contributed by atoms with Crippen LogP contribution in [-0.2, 0) is 26.0 Å². The lowest BCUT2D eigenvalue weighted by Crippen LogP contribution is -2.46. The number of benzene rings is 4. The minimum absolute atomic E-state index is 0.0326. The molecule has 1 atom stereocenters. The van der Waals surface area contributed by atoms with Gasteiger partial charge in [-0.1, -0.05) is 54.6 Å². The molecular weight excluding hydrogens is 554 g/mol. The van der Waals surface area contributed by atoms with Gasteiger partial charge in [0.05, 0.1) is 17.6 Å². The Morgan fingerprint density at radius 1 is 0.833 bits per heavy atom. The van der Waals surface area contributed by atoms with Crippen molar-refractivity contribution in [1.29, 1.82) is 0 Å². The Balaban J connectivity index is 1.53. The third-order valence-corrected chi connectivity index (χ3v) is 8.30. The van der Waals surface area contributed by atoms with E-state index >= 15 is 0 Å². The number of fused-ring (bicyclic) bond motifs is 1. The number of carbonyl (C=O) groups excluding carboxylic acids is 3. The molecule has 4 aromatic carbocycles. The molecule has 0 saturated heterocycles. The number of methoxy groups -OCH3 is 1. The number of hydrogen-bond acceptors (Lipinski definition) is 6. The number of anilines is 1. The van der Waals surface area contributed by atoms with Crippen molar-refractivity contribution < 1.29 is 27.5 Å². The van der Waals surface area contributed by atoms with Gasteiger partial charge in [-0.3, -0.25) is 14.4 Å². The van der Waals surface area contributed by atoms with Crippen molar-refractivity contribution in [1.82, 2.24) is 9.62 Å². The van der Waals surface area contributed by atoms with Crippen molar-refractivity contribution in [2.45, 2.75) is 25.2 Å². The van der Waals surface area contributed by atoms with Crippen LogP contribution in [-0.4, -0.2) is 51.2 Å². The van der Waals surface area contributed by atoms with Gasteiger partial charge >= 0.3 is 0 Å². The Kier molecular flexibility index (Phi) is 9.59. The number of nitrogens with zero attached hydrogens (tertiary/aromatic N) is 1. The van der Waals surface area contributed by atoms with Crippen LogP contribution in [0.1, 0.15) is 29.8 Å². The van der Waals surface area contributed by atoms with Crippen LogP contribution in [0.25, 0.3) is 10.8 Å². The summed E-state index contributed by atoms with van der Waals surface area (Å²) in [7, 11) is -2.76. The maximum atomic E-state index is 13.4. The first-order valence-corrected chi connectivity index (χ1v) is 15.0. The van der Waals surface area contributed by atoms with Gasteiger partial charge in [-0.05, 0) is 73.0 Å². The summed E-state index contributed by atoms with van der Waals surface area (Å²) in [6.07, 6.45) is -0.0326. The molecule has 3 amide bonds.